The minimum atomic E-state index is -0.235. The standard InChI is InChI=1S/C15H18ClNO2/c1-9(2)6-13(16)11-5-4-10-8-14(18)17(3)15(19)12(10)7-11/h4-5,7,9,13H,6,8H2,1-3H3. The lowest BCUT2D eigenvalue weighted by Gasteiger charge is -2.24. The monoisotopic (exact) mass is 279 g/mol. The number of carbonyl (C=O) groups is 2. The SMILES string of the molecule is CC(C)CC(Cl)c1ccc2c(c1)C(=O)N(C)C(=O)C2. The van der Waals surface area contributed by atoms with Crippen LogP contribution < -0.4 is 0 Å². The molecule has 1 atom stereocenters. The predicted molar refractivity (Wildman–Crippen MR) is 75.3 cm³/mol. The first-order chi connectivity index (χ1) is 8.90. The van der Waals surface area contributed by atoms with Gasteiger partial charge in [-0.1, -0.05) is 26.0 Å². The highest BCUT2D eigenvalue weighted by molar-refractivity contribution is 6.21. The fourth-order valence-corrected chi connectivity index (χ4v) is 2.76. The summed E-state index contributed by atoms with van der Waals surface area (Å²) in [5, 5.41) is -0.0963. The van der Waals surface area contributed by atoms with Gasteiger partial charge < -0.3 is 0 Å². The van der Waals surface area contributed by atoms with E-state index in [0.717, 1.165) is 17.5 Å². The van der Waals surface area contributed by atoms with Crippen LogP contribution in [0.3, 0.4) is 0 Å². The molecule has 1 heterocycles. The van der Waals surface area contributed by atoms with Crippen molar-refractivity contribution in [1.29, 1.82) is 0 Å². The molecule has 0 N–H and O–H groups in total. The quantitative estimate of drug-likeness (QED) is 0.629. The zero-order valence-corrected chi connectivity index (χ0v) is 12.2. The molecule has 0 bridgehead atoms. The lowest BCUT2D eigenvalue weighted by molar-refractivity contribution is -0.127. The summed E-state index contributed by atoms with van der Waals surface area (Å²) in [6, 6.07) is 5.61. The number of benzene rings is 1. The number of imide groups is 1. The second kappa shape index (κ2) is 5.33. The number of nitrogens with zero attached hydrogens (tertiary/aromatic N) is 1. The summed E-state index contributed by atoms with van der Waals surface area (Å²) in [5.41, 5.74) is 2.35. The number of hydrogen-bond acceptors (Lipinski definition) is 2. The zero-order chi connectivity index (χ0) is 14.2. The number of halogens is 1. The number of amides is 2. The minimum Gasteiger partial charge on any atom is -0.281 e. The van der Waals surface area contributed by atoms with Crippen molar-refractivity contribution in [3.8, 4) is 0 Å². The molecule has 1 aliphatic rings. The van der Waals surface area contributed by atoms with Crippen LogP contribution in [0.2, 0.25) is 0 Å². The van der Waals surface area contributed by atoms with Crippen LogP contribution in [-0.4, -0.2) is 23.8 Å². The van der Waals surface area contributed by atoms with Gasteiger partial charge in [-0.25, -0.2) is 0 Å². The summed E-state index contributed by atoms with van der Waals surface area (Å²) >= 11 is 6.36. The smallest absolute Gasteiger partial charge is 0.260 e. The van der Waals surface area contributed by atoms with Crippen molar-refractivity contribution in [3.63, 3.8) is 0 Å². The molecule has 2 rings (SSSR count). The largest absolute Gasteiger partial charge is 0.281 e. The van der Waals surface area contributed by atoms with Crippen molar-refractivity contribution in [2.24, 2.45) is 5.92 Å². The molecule has 1 aromatic rings. The van der Waals surface area contributed by atoms with Crippen LogP contribution in [0.25, 0.3) is 0 Å². The van der Waals surface area contributed by atoms with Gasteiger partial charge in [0.05, 0.1) is 11.8 Å². The molecule has 3 nitrogen and oxygen atoms in total. The molecule has 0 aliphatic carbocycles. The van der Waals surface area contributed by atoms with Crippen LogP contribution in [0.15, 0.2) is 18.2 Å². The third-order valence-electron chi connectivity index (χ3n) is 3.42. The van der Waals surface area contributed by atoms with Crippen LogP contribution in [0.1, 0.15) is 47.1 Å². The van der Waals surface area contributed by atoms with E-state index >= 15 is 0 Å². The molecule has 19 heavy (non-hydrogen) atoms. The maximum atomic E-state index is 12.1. The van der Waals surface area contributed by atoms with Gasteiger partial charge in [-0.2, -0.15) is 0 Å². The fraction of sp³-hybridized carbons (Fsp3) is 0.467. The average Bonchev–Trinajstić information content (AvgIpc) is 2.35. The van der Waals surface area contributed by atoms with E-state index in [0.29, 0.717) is 11.5 Å². The third kappa shape index (κ3) is 2.81. The predicted octanol–water partition coefficient (Wildman–Crippen LogP) is 3.17. The molecule has 0 radical (unpaired) electrons. The highest BCUT2D eigenvalue weighted by atomic mass is 35.5. The normalized spacial score (nSPS) is 16.8. The van der Waals surface area contributed by atoms with Crippen LogP contribution >= 0.6 is 11.6 Å². The lowest BCUT2D eigenvalue weighted by atomic mass is 9.93. The molecule has 1 aliphatic heterocycles. The van der Waals surface area contributed by atoms with E-state index in [2.05, 4.69) is 13.8 Å². The Morgan fingerprint density at radius 3 is 2.63 bits per heavy atom. The van der Waals surface area contributed by atoms with Gasteiger partial charge in [0.1, 0.15) is 0 Å². The zero-order valence-electron chi connectivity index (χ0n) is 11.4. The molecule has 0 saturated carbocycles. The number of fused-ring (bicyclic) bond motifs is 1. The molecule has 102 valence electrons. The highest BCUT2D eigenvalue weighted by Gasteiger charge is 2.28. The van der Waals surface area contributed by atoms with Gasteiger partial charge in [0, 0.05) is 12.6 Å². The van der Waals surface area contributed by atoms with Gasteiger partial charge in [-0.3, -0.25) is 14.5 Å². The molecule has 0 spiro atoms. The van der Waals surface area contributed by atoms with Crippen LogP contribution in [0, 0.1) is 5.92 Å². The van der Waals surface area contributed by atoms with Gasteiger partial charge in [-0.15, -0.1) is 11.6 Å². The number of carbonyl (C=O) groups excluding carboxylic acids is 2. The summed E-state index contributed by atoms with van der Waals surface area (Å²) in [6.07, 6.45) is 1.15. The summed E-state index contributed by atoms with van der Waals surface area (Å²) in [7, 11) is 1.52. The first kappa shape index (κ1) is 14.1. The van der Waals surface area contributed by atoms with Gasteiger partial charge in [0.25, 0.3) is 5.91 Å². The Bertz CT molecular complexity index is 525. The van der Waals surface area contributed by atoms with Crippen molar-refractivity contribution in [2.45, 2.75) is 32.1 Å². The maximum Gasteiger partial charge on any atom is 0.260 e. The average molecular weight is 280 g/mol. The van der Waals surface area contributed by atoms with Gasteiger partial charge in [0.15, 0.2) is 0 Å². The fourth-order valence-electron chi connectivity index (χ4n) is 2.27. The molecular weight excluding hydrogens is 262 g/mol. The van der Waals surface area contributed by atoms with E-state index < -0.39 is 0 Å². The summed E-state index contributed by atoms with van der Waals surface area (Å²) in [5.74, 6) is 0.106. The Balaban J connectivity index is 2.33. The number of likely N-dealkylation sites (N-methyl/N-ethyl adjacent to an activating group) is 1. The van der Waals surface area contributed by atoms with E-state index in [9.17, 15) is 9.59 Å². The topological polar surface area (TPSA) is 37.4 Å². The highest BCUT2D eigenvalue weighted by Crippen LogP contribution is 2.30. The van der Waals surface area contributed by atoms with Crippen molar-refractivity contribution < 1.29 is 9.59 Å². The molecule has 2 amide bonds. The number of alkyl halides is 1. The first-order valence-electron chi connectivity index (χ1n) is 6.48. The molecule has 4 heteroatoms. The molecule has 1 aromatic carbocycles. The summed E-state index contributed by atoms with van der Waals surface area (Å²) in [4.78, 5) is 24.9. The van der Waals surface area contributed by atoms with Gasteiger partial charge in [-0.05, 0) is 29.5 Å². The van der Waals surface area contributed by atoms with E-state index in [1.54, 1.807) is 0 Å². The maximum absolute atomic E-state index is 12.1. The molecule has 0 fully saturated rings. The van der Waals surface area contributed by atoms with Gasteiger partial charge in [0.2, 0.25) is 5.91 Å². The summed E-state index contributed by atoms with van der Waals surface area (Å²) in [6.45, 7) is 4.23. The van der Waals surface area contributed by atoms with Crippen LogP contribution in [0.4, 0.5) is 0 Å². The van der Waals surface area contributed by atoms with Crippen molar-refractivity contribution >= 4 is 23.4 Å². The number of rotatable bonds is 3. The van der Waals surface area contributed by atoms with E-state index in [-0.39, 0.29) is 23.6 Å². The van der Waals surface area contributed by atoms with Crippen LogP contribution in [-0.2, 0) is 11.2 Å². The lowest BCUT2D eigenvalue weighted by Crippen LogP contribution is -2.39. The van der Waals surface area contributed by atoms with E-state index in [1.807, 2.05) is 18.2 Å². The van der Waals surface area contributed by atoms with Crippen LogP contribution in [0.5, 0.6) is 0 Å². The first-order valence-corrected chi connectivity index (χ1v) is 6.91. The van der Waals surface area contributed by atoms with Crippen molar-refractivity contribution in [2.75, 3.05) is 7.05 Å². The molecular formula is C15H18ClNO2. The molecule has 0 saturated heterocycles. The van der Waals surface area contributed by atoms with Gasteiger partial charge >= 0.3 is 0 Å². The minimum absolute atomic E-state index is 0.0963. The Morgan fingerprint density at radius 2 is 2.00 bits per heavy atom. The third-order valence-corrected chi connectivity index (χ3v) is 3.85. The second-order valence-corrected chi connectivity index (χ2v) is 5.98. The Kier molecular flexibility index (Phi) is 3.95. The molecule has 1 unspecified atom stereocenters. The van der Waals surface area contributed by atoms with Crippen molar-refractivity contribution in [3.05, 3.63) is 34.9 Å². The van der Waals surface area contributed by atoms with E-state index in [4.69, 9.17) is 11.6 Å². The second-order valence-electron chi connectivity index (χ2n) is 5.45. The van der Waals surface area contributed by atoms with Crippen molar-refractivity contribution in [1.82, 2.24) is 4.90 Å². The van der Waals surface area contributed by atoms with E-state index in [1.165, 1.54) is 11.9 Å². The Hall–Kier alpha value is -1.35. The Labute approximate surface area is 118 Å². The number of hydrogen-bond donors (Lipinski definition) is 0. The molecule has 0 aromatic heterocycles. The summed E-state index contributed by atoms with van der Waals surface area (Å²) < 4.78 is 0. The Morgan fingerprint density at radius 1 is 1.32 bits per heavy atom.